The van der Waals surface area contributed by atoms with Crippen LogP contribution in [0.2, 0.25) is 0 Å². The third kappa shape index (κ3) is 6.75. The van der Waals surface area contributed by atoms with Gasteiger partial charge in [-0.05, 0) is 30.2 Å². The minimum absolute atomic E-state index is 0.00975. The number of alkyl halides is 2. The molecule has 1 unspecified atom stereocenters. The maximum Gasteiger partial charge on any atom is 0.269 e. The highest BCUT2D eigenvalue weighted by molar-refractivity contribution is 9.25. The van der Waals surface area contributed by atoms with E-state index in [4.69, 9.17) is 14.2 Å². The zero-order valence-corrected chi connectivity index (χ0v) is 25.3. The number of ketones is 1. The van der Waals surface area contributed by atoms with Crippen LogP contribution >= 0.6 is 43.2 Å². The van der Waals surface area contributed by atoms with Crippen molar-refractivity contribution in [3.8, 4) is 23.0 Å². The van der Waals surface area contributed by atoms with Crippen LogP contribution in [-0.4, -0.2) is 27.8 Å². The molecular weight excluding hydrogens is 622 g/mol. The summed E-state index contributed by atoms with van der Waals surface area (Å²) in [5.74, 6) is 2.76. The molecule has 3 aromatic rings. The summed E-state index contributed by atoms with van der Waals surface area (Å²) in [5.41, 5.74) is 0.243. The number of carbonyl (C=O) groups excluding carboxylic acids is 1. The number of benzene rings is 2. The summed E-state index contributed by atoms with van der Waals surface area (Å²) in [6, 6.07) is 12.8. The Hall–Kier alpha value is -2.36. The van der Waals surface area contributed by atoms with E-state index in [0.717, 1.165) is 12.0 Å². The second kappa shape index (κ2) is 10.8. The number of nitrogens with zero attached hydrogens (tertiary/aromatic N) is 1. The first-order valence-corrected chi connectivity index (χ1v) is 14.2. The van der Waals surface area contributed by atoms with Gasteiger partial charge in [-0.25, -0.2) is 0 Å². The molecule has 1 atom stereocenters. The van der Waals surface area contributed by atoms with Gasteiger partial charge in [-0.15, -0.1) is 11.3 Å². The van der Waals surface area contributed by atoms with E-state index in [1.54, 1.807) is 43.1 Å². The van der Waals surface area contributed by atoms with E-state index >= 15 is 0 Å². The molecular formula is C28H29Br2NO5S. The third-order valence-corrected chi connectivity index (χ3v) is 9.03. The lowest BCUT2D eigenvalue weighted by molar-refractivity contribution is -0.120. The van der Waals surface area contributed by atoms with E-state index < -0.39 is 5.41 Å². The zero-order valence-electron chi connectivity index (χ0n) is 21.3. The molecule has 1 saturated carbocycles. The minimum Gasteiger partial charge on any atom is -0.496 e. The number of halogens is 2. The van der Waals surface area contributed by atoms with Crippen molar-refractivity contribution in [2.24, 2.45) is 11.3 Å². The molecule has 37 heavy (non-hydrogen) atoms. The summed E-state index contributed by atoms with van der Waals surface area (Å²) in [6.45, 7) is 6.18. The lowest BCUT2D eigenvalue weighted by Gasteiger charge is -2.13. The van der Waals surface area contributed by atoms with Crippen molar-refractivity contribution >= 4 is 61.1 Å². The van der Waals surface area contributed by atoms with Crippen LogP contribution in [-0.2, 0) is 11.3 Å². The molecule has 6 nitrogen and oxygen atoms in total. The van der Waals surface area contributed by atoms with Gasteiger partial charge in [0.1, 0.15) is 27.7 Å². The number of hydrogen-bond acceptors (Lipinski definition) is 6. The summed E-state index contributed by atoms with van der Waals surface area (Å²) in [5, 5.41) is 0. The molecule has 0 radical (unpaired) electrons. The lowest BCUT2D eigenvalue weighted by Crippen LogP contribution is -2.33. The largest absolute Gasteiger partial charge is 0.496 e. The Morgan fingerprint density at radius 1 is 1.05 bits per heavy atom. The highest BCUT2D eigenvalue weighted by Gasteiger charge is 2.50. The van der Waals surface area contributed by atoms with Crippen molar-refractivity contribution in [2.45, 2.75) is 37.0 Å². The molecule has 0 aliphatic heterocycles. The number of thiazole rings is 1. The molecule has 4 rings (SSSR count). The van der Waals surface area contributed by atoms with E-state index in [0.29, 0.717) is 38.7 Å². The molecule has 1 fully saturated rings. The van der Waals surface area contributed by atoms with E-state index in [9.17, 15) is 9.59 Å². The summed E-state index contributed by atoms with van der Waals surface area (Å²) >= 11 is 8.62. The summed E-state index contributed by atoms with van der Waals surface area (Å²) in [4.78, 5) is 26.1. The number of Topliss-reactive ketones (excluding diaryl/α,β-unsaturated/α-hetero) is 1. The fraction of sp³-hybridized carbons (Fsp3) is 0.357. The molecule has 0 saturated heterocycles. The standard InChI is InChI=1S/C28H29Br2NO5S/c1-27(2,3)24(32)14-25-31(16-18-15-28(18,29)30)26(33)23(37-25)10-17-6-8-19(9-7-17)36-22-12-20(34-4)11-21(13-22)35-5/h6-14,18H,15-16H2,1-5H3/b23-10+,25-14+. The van der Waals surface area contributed by atoms with E-state index in [-0.39, 0.29) is 20.5 Å². The lowest BCUT2D eigenvalue weighted by atomic mass is 9.91. The fourth-order valence-corrected chi connectivity index (χ4v) is 5.72. The third-order valence-electron chi connectivity index (χ3n) is 6.03. The average Bonchev–Trinajstić information content (AvgIpc) is 3.36. The first-order chi connectivity index (χ1) is 17.4. The highest BCUT2D eigenvalue weighted by atomic mass is 79.9. The van der Waals surface area contributed by atoms with Crippen LogP contribution in [0.4, 0.5) is 0 Å². The summed E-state index contributed by atoms with van der Waals surface area (Å²) < 4.78 is 19.4. The first kappa shape index (κ1) is 27.7. The van der Waals surface area contributed by atoms with Crippen LogP contribution in [0.5, 0.6) is 23.0 Å². The minimum atomic E-state index is -0.522. The summed E-state index contributed by atoms with van der Waals surface area (Å²) in [7, 11) is 3.18. The number of aromatic nitrogens is 1. The maximum atomic E-state index is 13.4. The van der Waals surface area contributed by atoms with Crippen LogP contribution < -0.4 is 29.0 Å². The molecule has 1 aromatic heterocycles. The van der Waals surface area contributed by atoms with Gasteiger partial charge in [0.2, 0.25) is 0 Å². The average molecular weight is 651 g/mol. The Balaban J connectivity index is 1.65. The van der Waals surface area contributed by atoms with Gasteiger partial charge < -0.3 is 14.2 Å². The van der Waals surface area contributed by atoms with Crippen LogP contribution in [0.3, 0.4) is 0 Å². The monoisotopic (exact) mass is 649 g/mol. The smallest absolute Gasteiger partial charge is 0.269 e. The van der Waals surface area contributed by atoms with E-state index in [1.807, 2.05) is 51.1 Å². The van der Waals surface area contributed by atoms with Crippen molar-refractivity contribution < 1.29 is 19.0 Å². The molecule has 2 aromatic carbocycles. The highest BCUT2D eigenvalue weighted by Crippen LogP contribution is 2.56. The SMILES string of the molecule is COc1cc(OC)cc(Oc2ccc(/C=c3/s/c(=C/C(=O)C(C)(C)C)n(CC4CC4(Br)Br)c3=O)cc2)c1. The Morgan fingerprint density at radius 2 is 1.62 bits per heavy atom. The van der Waals surface area contributed by atoms with Gasteiger partial charge in [0.05, 0.1) is 22.0 Å². The van der Waals surface area contributed by atoms with Gasteiger partial charge in [0, 0.05) is 42.2 Å². The Kier molecular flexibility index (Phi) is 8.07. The number of rotatable bonds is 8. The summed E-state index contributed by atoms with van der Waals surface area (Å²) in [6.07, 6.45) is 4.38. The molecule has 196 valence electrons. The van der Waals surface area contributed by atoms with Crippen molar-refractivity contribution in [1.29, 1.82) is 0 Å². The van der Waals surface area contributed by atoms with Gasteiger partial charge in [0.25, 0.3) is 5.56 Å². The molecule has 0 N–H and O–H groups in total. The molecule has 1 aliphatic carbocycles. The quantitative estimate of drug-likeness (QED) is 0.304. The molecule has 1 heterocycles. The van der Waals surface area contributed by atoms with E-state index in [1.165, 1.54) is 11.3 Å². The predicted molar refractivity (Wildman–Crippen MR) is 155 cm³/mol. The topological polar surface area (TPSA) is 66.8 Å². The van der Waals surface area contributed by atoms with Crippen LogP contribution in [0.15, 0.2) is 47.3 Å². The molecule has 1 aliphatic rings. The van der Waals surface area contributed by atoms with Gasteiger partial charge in [0.15, 0.2) is 5.78 Å². The predicted octanol–water partition coefficient (Wildman–Crippen LogP) is 5.45. The van der Waals surface area contributed by atoms with E-state index in [2.05, 4.69) is 31.9 Å². The first-order valence-electron chi connectivity index (χ1n) is 11.8. The Labute approximate surface area is 236 Å². The van der Waals surface area contributed by atoms with Crippen LogP contribution in [0, 0.1) is 11.3 Å². The maximum absolute atomic E-state index is 13.4. The Morgan fingerprint density at radius 3 is 2.14 bits per heavy atom. The van der Waals surface area contributed by atoms with Crippen molar-refractivity contribution in [1.82, 2.24) is 4.57 Å². The second-order valence-electron chi connectivity index (χ2n) is 10.0. The molecule has 0 amide bonds. The fourth-order valence-electron chi connectivity index (χ4n) is 3.59. The molecule has 0 spiro atoms. The van der Waals surface area contributed by atoms with Gasteiger partial charge in [-0.3, -0.25) is 14.2 Å². The Bertz CT molecular complexity index is 1460. The normalized spacial score (nSPS) is 17.5. The second-order valence-corrected chi connectivity index (χ2v) is 15.0. The molecule has 0 bridgehead atoms. The van der Waals surface area contributed by atoms with Crippen molar-refractivity contribution in [3.63, 3.8) is 0 Å². The zero-order chi connectivity index (χ0) is 27.0. The van der Waals surface area contributed by atoms with Gasteiger partial charge in [-0.2, -0.15) is 0 Å². The van der Waals surface area contributed by atoms with Gasteiger partial charge in [-0.1, -0.05) is 64.8 Å². The van der Waals surface area contributed by atoms with Crippen LogP contribution in [0.1, 0.15) is 32.8 Å². The number of hydrogen-bond donors (Lipinski definition) is 0. The van der Waals surface area contributed by atoms with Crippen LogP contribution in [0.25, 0.3) is 12.2 Å². The number of carbonyl (C=O) groups is 1. The van der Waals surface area contributed by atoms with Crippen molar-refractivity contribution in [3.05, 3.63) is 67.6 Å². The molecule has 9 heteroatoms. The number of ether oxygens (including phenoxy) is 3. The number of methoxy groups -OCH3 is 2. The van der Waals surface area contributed by atoms with Gasteiger partial charge >= 0.3 is 0 Å². The van der Waals surface area contributed by atoms with Crippen molar-refractivity contribution in [2.75, 3.05) is 14.2 Å².